The molecule has 5 nitrogen and oxygen atoms in total. The summed E-state index contributed by atoms with van der Waals surface area (Å²) in [5.41, 5.74) is 4.35. The van der Waals surface area contributed by atoms with Crippen molar-refractivity contribution < 1.29 is 14.3 Å². The van der Waals surface area contributed by atoms with Gasteiger partial charge in [-0.1, -0.05) is 24.8 Å². The average molecular weight is 324 g/mol. The monoisotopic (exact) mass is 324 g/mol. The molecule has 0 aromatic heterocycles. The zero-order valence-corrected chi connectivity index (χ0v) is 13.6. The van der Waals surface area contributed by atoms with Gasteiger partial charge < -0.3 is 9.47 Å². The normalized spacial score (nSPS) is 10.4. The summed E-state index contributed by atoms with van der Waals surface area (Å²) >= 11 is 0. The van der Waals surface area contributed by atoms with E-state index in [2.05, 4.69) is 17.1 Å². The van der Waals surface area contributed by atoms with E-state index in [1.54, 1.807) is 18.4 Å². The third kappa shape index (κ3) is 5.96. The molecule has 0 atom stereocenters. The fourth-order valence-corrected chi connectivity index (χ4v) is 1.87. The summed E-state index contributed by atoms with van der Waals surface area (Å²) in [5.74, 6) is 1.09. The molecule has 0 saturated heterocycles. The Kier molecular flexibility index (Phi) is 6.58. The third-order valence-electron chi connectivity index (χ3n) is 3.01. The first kappa shape index (κ1) is 17.3. The highest BCUT2D eigenvalue weighted by atomic mass is 16.5. The van der Waals surface area contributed by atoms with E-state index >= 15 is 0 Å². The summed E-state index contributed by atoms with van der Waals surface area (Å²) in [6.07, 6.45) is 3.24. The quantitative estimate of drug-likeness (QED) is 0.461. The molecule has 0 aliphatic heterocycles. The first-order valence-electron chi connectivity index (χ1n) is 7.52. The Morgan fingerprint density at radius 2 is 1.96 bits per heavy atom. The van der Waals surface area contributed by atoms with E-state index < -0.39 is 0 Å². The number of ether oxygens (including phenoxy) is 2. The SMILES string of the molecule is C=CCOc1ccc(C=NNC(=O)COc2cccc(C)c2)cc1. The molecule has 0 unspecified atom stereocenters. The largest absolute Gasteiger partial charge is 0.490 e. The molecule has 24 heavy (non-hydrogen) atoms. The molecular formula is C19H20N2O3. The highest BCUT2D eigenvalue weighted by Gasteiger charge is 2.01. The van der Waals surface area contributed by atoms with Crippen molar-refractivity contribution in [1.82, 2.24) is 5.43 Å². The number of hydrogen-bond donors (Lipinski definition) is 1. The highest BCUT2D eigenvalue weighted by Crippen LogP contribution is 2.12. The molecule has 0 bridgehead atoms. The van der Waals surface area contributed by atoms with Crippen molar-refractivity contribution in [1.29, 1.82) is 0 Å². The van der Waals surface area contributed by atoms with Gasteiger partial charge in [-0.2, -0.15) is 5.10 Å². The van der Waals surface area contributed by atoms with Gasteiger partial charge in [0.05, 0.1) is 6.21 Å². The maximum Gasteiger partial charge on any atom is 0.277 e. The van der Waals surface area contributed by atoms with E-state index in [9.17, 15) is 4.79 Å². The van der Waals surface area contributed by atoms with Crippen LogP contribution < -0.4 is 14.9 Å². The van der Waals surface area contributed by atoms with Gasteiger partial charge in [-0.3, -0.25) is 4.79 Å². The lowest BCUT2D eigenvalue weighted by molar-refractivity contribution is -0.123. The van der Waals surface area contributed by atoms with E-state index in [1.165, 1.54) is 0 Å². The molecule has 0 saturated carbocycles. The molecule has 0 aliphatic carbocycles. The predicted octanol–water partition coefficient (Wildman–Crippen LogP) is 3.09. The lowest BCUT2D eigenvalue weighted by Gasteiger charge is -2.05. The minimum absolute atomic E-state index is 0.0882. The van der Waals surface area contributed by atoms with Crippen LogP contribution >= 0.6 is 0 Å². The van der Waals surface area contributed by atoms with E-state index in [1.807, 2.05) is 49.4 Å². The van der Waals surface area contributed by atoms with Crippen LogP contribution in [0.15, 0.2) is 66.3 Å². The van der Waals surface area contributed by atoms with E-state index in [-0.39, 0.29) is 12.5 Å². The zero-order chi connectivity index (χ0) is 17.2. The molecule has 1 N–H and O–H groups in total. The van der Waals surface area contributed by atoms with Crippen LogP contribution in [0.4, 0.5) is 0 Å². The van der Waals surface area contributed by atoms with Crippen LogP contribution in [0.5, 0.6) is 11.5 Å². The maximum atomic E-state index is 11.7. The number of aryl methyl sites for hydroxylation is 1. The third-order valence-corrected chi connectivity index (χ3v) is 3.01. The lowest BCUT2D eigenvalue weighted by atomic mass is 10.2. The number of amides is 1. The van der Waals surface area contributed by atoms with Crippen molar-refractivity contribution in [3.63, 3.8) is 0 Å². The standard InChI is InChI=1S/C19H20N2O3/c1-3-11-23-17-9-7-16(8-10-17)13-20-21-19(22)14-24-18-6-4-5-15(2)12-18/h3-10,12-13H,1,11,14H2,2H3,(H,21,22). The number of benzene rings is 2. The summed E-state index contributed by atoms with van der Waals surface area (Å²) in [4.78, 5) is 11.7. The van der Waals surface area contributed by atoms with Crippen LogP contribution in [0.2, 0.25) is 0 Å². The Morgan fingerprint density at radius 3 is 2.67 bits per heavy atom. The summed E-state index contributed by atoms with van der Waals surface area (Å²) in [5, 5.41) is 3.90. The number of nitrogens with zero attached hydrogens (tertiary/aromatic N) is 1. The van der Waals surface area contributed by atoms with Crippen molar-refractivity contribution >= 4 is 12.1 Å². The molecule has 2 aromatic rings. The first-order valence-corrected chi connectivity index (χ1v) is 7.52. The van der Waals surface area contributed by atoms with Gasteiger partial charge in [-0.05, 0) is 54.4 Å². The second-order valence-corrected chi connectivity index (χ2v) is 5.07. The zero-order valence-electron chi connectivity index (χ0n) is 13.6. The molecule has 124 valence electrons. The molecule has 0 spiro atoms. The van der Waals surface area contributed by atoms with Gasteiger partial charge in [-0.25, -0.2) is 5.43 Å². The molecule has 0 heterocycles. The lowest BCUT2D eigenvalue weighted by Crippen LogP contribution is -2.24. The number of nitrogens with one attached hydrogen (secondary N) is 1. The minimum Gasteiger partial charge on any atom is -0.490 e. The van der Waals surface area contributed by atoms with Crippen LogP contribution in [0.25, 0.3) is 0 Å². The Balaban J connectivity index is 1.76. The predicted molar refractivity (Wildman–Crippen MR) is 94.5 cm³/mol. The maximum absolute atomic E-state index is 11.7. The Morgan fingerprint density at radius 1 is 1.17 bits per heavy atom. The van der Waals surface area contributed by atoms with Crippen LogP contribution in [-0.2, 0) is 4.79 Å². The van der Waals surface area contributed by atoms with Gasteiger partial charge in [-0.15, -0.1) is 0 Å². The van der Waals surface area contributed by atoms with Gasteiger partial charge in [0.1, 0.15) is 18.1 Å². The van der Waals surface area contributed by atoms with Gasteiger partial charge in [0.2, 0.25) is 0 Å². The number of carbonyl (C=O) groups is 1. The fraction of sp³-hybridized carbons (Fsp3) is 0.158. The fourth-order valence-electron chi connectivity index (χ4n) is 1.87. The van der Waals surface area contributed by atoms with Crippen LogP contribution in [-0.4, -0.2) is 25.3 Å². The minimum atomic E-state index is -0.321. The second-order valence-electron chi connectivity index (χ2n) is 5.07. The summed E-state index contributed by atoms with van der Waals surface area (Å²) in [6.45, 7) is 5.93. The Hall–Kier alpha value is -3.08. The number of hydrogen-bond acceptors (Lipinski definition) is 4. The molecule has 1 amide bonds. The van der Waals surface area contributed by atoms with Crippen molar-refractivity contribution in [3.05, 3.63) is 72.3 Å². The summed E-state index contributed by atoms with van der Waals surface area (Å²) in [6, 6.07) is 14.9. The number of carbonyl (C=O) groups excluding carboxylic acids is 1. The second kappa shape index (κ2) is 9.15. The van der Waals surface area contributed by atoms with Gasteiger partial charge in [0.25, 0.3) is 5.91 Å². The van der Waals surface area contributed by atoms with Gasteiger partial charge in [0.15, 0.2) is 6.61 Å². The highest BCUT2D eigenvalue weighted by molar-refractivity contribution is 5.83. The van der Waals surface area contributed by atoms with Crippen LogP contribution in [0, 0.1) is 6.92 Å². The molecule has 0 radical (unpaired) electrons. The molecule has 2 rings (SSSR count). The van der Waals surface area contributed by atoms with Crippen molar-refractivity contribution in [2.75, 3.05) is 13.2 Å². The molecule has 5 heteroatoms. The van der Waals surface area contributed by atoms with Crippen molar-refractivity contribution in [2.24, 2.45) is 5.10 Å². The summed E-state index contributed by atoms with van der Waals surface area (Å²) in [7, 11) is 0. The molecule has 0 fully saturated rings. The van der Waals surface area contributed by atoms with Crippen LogP contribution in [0.1, 0.15) is 11.1 Å². The van der Waals surface area contributed by atoms with Crippen molar-refractivity contribution in [3.8, 4) is 11.5 Å². The molecule has 2 aromatic carbocycles. The van der Waals surface area contributed by atoms with E-state index in [0.717, 1.165) is 16.9 Å². The number of rotatable bonds is 8. The van der Waals surface area contributed by atoms with E-state index in [4.69, 9.17) is 9.47 Å². The molecule has 0 aliphatic rings. The molecular weight excluding hydrogens is 304 g/mol. The van der Waals surface area contributed by atoms with Crippen molar-refractivity contribution in [2.45, 2.75) is 6.92 Å². The topological polar surface area (TPSA) is 59.9 Å². The Bertz CT molecular complexity index is 709. The average Bonchev–Trinajstić information content (AvgIpc) is 2.59. The van der Waals surface area contributed by atoms with Gasteiger partial charge >= 0.3 is 0 Å². The van der Waals surface area contributed by atoms with Gasteiger partial charge in [0, 0.05) is 0 Å². The Labute approximate surface area is 141 Å². The first-order chi connectivity index (χ1) is 11.7. The van der Waals surface area contributed by atoms with E-state index in [0.29, 0.717) is 12.4 Å². The number of hydrazone groups is 1. The van der Waals surface area contributed by atoms with Crippen LogP contribution in [0.3, 0.4) is 0 Å². The smallest absolute Gasteiger partial charge is 0.277 e. The summed E-state index contributed by atoms with van der Waals surface area (Å²) < 4.78 is 10.8.